The first-order chi connectivity index (χ1) is 15.5. The fraction of sp³-hybridized carbons (Fsp3) is 0.250. The van der Waals surface area contributed by atoms with Crippen LogP contribution in [0, 0.1) is 0 Å². The van der Waals surface area contributed by atoms with Gasteiger partial charge in [-0.05, 0) is 48.4 Å². The minimum Gasteiger partial charge on any atom is -0.435 e. The highest BCUT2D eigenvalue weighted by molar-refractivity contribution is 14.0. The van der Waals surface area contributed by atoms with Gasteiger partial charge in [-0.25, -0.2) is 4.99 Å². The molecule has 0 bridgehead atoms. The van der Waals surface area contributed by atoms with Gasteiger partial charge in [0.05, 0.1) is 18.3 Å². The smallest absolute Gasteiger partial charge is 0.387 e. The van der Waals surface area contributed by atoms with Gasteiger partial charge in [-0.2, -0.15) is 8.78 Å². The summed E-state index contributed by atoms with van der Waals surface area (Å²) in [7, 11) is 0. The van der Waals surface area contributed by atoms with Gasteiger partial charge in [-0.3, -0.25) is 4.98 Å². The second-order valence-electron chi connectivity index (χ2n) is 6.95. The van der Waals surface area contributed by atoms with Crippen LogP contribution in [0.4, 0.5) is 8.78 Å². The molecule has 33 heavy (non-hydrogen) atoms. The molecular weight excluding hydrogens is 541 g/mol. The number of aliphatic imine (C=N–C) groups is 1. The number of aliphatic hydroxyl groups excluding tert-OH is 1. The quantitative estimate of drug-likeness (QED) is 0.197. The van der Waals surface area contributed by atoms with Crippen LogP contribution in [0.2, 0.25) is 0 Å². The van der Waals surface area contributed by atoms with E-state index in [1.54, 1.807) is 18.3 Å². The first-order valence-electron chi connectivity index (χ1n) is 10.3. The number of nitrogens with zero attached hydrogens (tertiary/aromatic N) is 2. The molecule has 0 fully saturated rings. The number of rotatable bonds is 9. The zero-order valence-corrected chi connectivity index (χ0v) is 20.4. The number of hydrogen-bond acceptors (Lipinski definition) is 4. The molecule has 3 rings (SSSR count). The summed E-state index contributed by atoms with van der Waals surface area (Å²) in [5, 5.41) is 16.7. The predicted octanol–water partition coefficient (Wildman–Crippen LogP) is 4.76. The van der Waals surface area contributed by atoms with E-state index in [2.05, 4.69) is 25.3 Å². The van der Waals surface area contributed by atoms with E-state index in [4.69, 9.17) is 0 Å². The minimum atomic E-state index is -2.88. The highest BCUT2D eigenvalue weighted by atomic mass is 127. The van der Waals surface area contributed by atoms with Crippen LogP contribution in [-0.2, 0) is 6.54 Å². The molecule has 1 aromatic heterocycles. The Kier molecular flexibility index (Phi) is 11.0. The fourth-order valence-corrected chi connectivity index (χ4v) is 3.06. The summed E-state index contributed by atoms with van der Waals surface area (Å²) in [5.74, 6) is 0.610. The lowest BCUT2D eigenvalue weighted by atomic mass is 10.1. The summed E-state index contributed by atoms with van der Waals surface area (Å²) in [6, 6.07) is 19.7. The standard InChI is InChI=1S/C24H26F2N4O2.HI/c1-2-27-24(30-16-22(31)18-9-11-20(12-10-18)32-23(25)26)29-15-17-6-5-7-19(14-17)21-8-3-4-13-28-21;/h3-14,22-23,31H,2,15-16H2,1H3,(H2,27,29,30);1H. The van der Waals surface area contributed by atoms with Crippen LogP contribution >= 0.6 is 24.0 Å². The molecule has 0 aliphatic heterocycles. The van der Waals surface area contributed by atoms with E-state index in [9.17, 15) is 13.9 Å². The van der Waals surface area contributed by atoms with Crippen LogP contribution in [0.15, 0.2) is 77.9 Å². The van der Waals surface area contributed by atoms with Crippen molar-refractivity contribution in [2.24, 2.45) is 4.99 Å². The molecule has 2 aromatic carbocycles. The molecule has 176 valence electrons. The SMILES string of the molecule is CCNC(=NCc1cccc(-c2ccccn2)c1)NCC(O)c1ccc(OC(F)F)cc1.I. The van der Waals surface area contributed by atoms with Gasteiger partial charge in [0, 0.05) is 24.8 Å². The summed E-state index contributed by atoms with van der Waals surface area (Å²) in [5.41, 5.74) is 3.53. The second kappa shape index (κ2) is 13.7. The lowest BCUT2D eigenvalue weighted by molar-refractivity contribution is -0.0498. The average Bonchev–Trinajstić information content (AvgIpc) is 2.81. The van der Waals surface area contributed by atoms with Crippen molar-refractivity contribution >= 4 is 29.9 Å². The first-order valence-corrected chi connectivity index (χ1v) is 10.3. The van der Waals surface area contributed by atoms with Crippen LogP contribution in [0.25, 0.3) is 11.3 Å². The Morgan fingerprint density at radius 3 is 2.52 bits per heavy atom. The number of aliphatic hydroxyl groups is 1. The van der Waals surface area contributed by atoms with Gasteiger partial charge in [0.2, 0.25) is 0 Å². The van der Waals surface area contributed by atoms with E-state index < -0.39 is 12.7 Å². The van der Waals surface area contributed by atoms with Crippen molar-refractivity contribution in [1.82, 2.24) is 15.6 Å². The molecule has 0 aliphatic rings. The normalized spacial score (nSPS) is 12.1. The molecule has 0 saturated heterocycles. The van der Waals surface area contributed by atoms with Gasteiger partial charge >= 0.3 is 6.61 Å². The molecule has 3 aromatic rings. The van der Waals surface area contributed by atoms with Crippen molar-refractivity contribution in [2.45, 2.75) is 26.2 Å². The van der Waals surface area contributed by atoms with E-state index in [1.165, 1.54) is 12.1 Å². The number of aromatic nitrogens is 1. The lowest BCUT2D eigenvalue weighted by Gasteiger charge is -2.16. The zero-order chi connectivity index (χ0) is 22.8. The molecule has 0 spiro atoms. The Morgan fingerprint density at radius 2 is 1.85 bits per heavy atom. The number of hydrogen-bond donors (Lipinski definition) is 3. The topological polar surface area (TPSA) is 78.8 Å². The Balaban J connectivity index is 0.00000385. The first kappa shape index (κ1) is 26.5. The molecule has 1 atom stereocenters. The van der Waals surface area contributed by atoms with E-state index in [0.29, 0.717) is 24.6 Å². The van der Waals surface area contributed by atoms with Crippen LogP contribution in [0.3, 0.4) is 0 Å². The largest absolute Gasteiger partial charge is 0.435 e. The number of alkyl halides is 2. The summed E-state index contributed by atoms with van der Waals surface area (Å²) in [6.07, 6.45) is 0.921. The van der Waals surface area contributed by atoms with Crippen molar-refractivity contribution in [3.8, 4) is 17.0 Å². The Morgan fingerprint density at radius 1 is 1.06 bits per heavy atom. The van der Waals surface area contributed by atoms with Gasteiger partial charge < -0.3 is 20.5 Å². The van der Waals surface area contributed by atoms with Gasteiger partial charge in [0.25, 0.3) is 0 Å². The summed E-state index contributed by atoms with van der Waals surface area (Å²) in [4.78, 5) is 8.97. The monoisotopic (exact) mass is 568 g/mol. The molecule has 1 unspecified atom stereocenters. The van der Waals surface area contributed by atoms with E-state index in [0.717, 1.165) is 16.8 Å². The average molecular weight is 568 g/mol. The molecule has 1 heterocycles. The van der Waals surface area contributed by atoms with E-state index in [-0.39, 0.29) is 36.3 Å². The summed E-state index contributed by atoms with van der Waals surface area (Å²) in [6.45, 7) is 0.392. The molecular formula is C24H27F2IN4O2. The highest BCUT2D eigenvalue weighted by Crippen LogP contribution is 2.20. The Labute approximate surface area is 209 Å². The summed E-state index contributed by atoms with van der Waals surface area (Å²) >= 11 is 0. The number of pyridine rings is 1. The van der Waals surface area contributed by atoms with Crippen LogP contribution in [-0.4, -0.2) is 35.8 Å². The molecule has 3 N–H and O–H groups in total. The van der Waals surface area contributed by atoms with Gasteiger partial charge in [0.15, 0.2) is 5.96 Å². The molecule has 0 saturated carbocycles. The number of benzene rings is 2. The molecule has 6 nitrogen and oxygen atoms in total. The third-order valence-corrected chi connectivity index (χ3v) is 4.60. The third-order valence-electron chi connectivity index (χ3n) is 4.60. The predicted molar refractivity (Wildman–Crippen MR) is 136 cm³/mol. The van der Waals surface area contributed by atoms with Crippen LogP contribution < -0.4 is 15.4 Å². The van der Waals surface area contributed by atoms with Crippen molar-refractivity contribution in [2.75, 3.05) is 13.1 Å². The van der Waals surface area contributed by atoms with Gasteiger partial charge in [-0.15, -0.1) is 24.0 Å². The molecule has 9 heteroatoms. The minimum absolute atomic E-state index is 0. The second-order valence-corrected chi connectivity index (χ2v) is 6.95. The number of ether oxygens (including phenoxy) is 1. The maximum absolute atomic E-state index is 12.3. The number of guanidine groups is 1. The molecule has 0 aliphatic carbocycles. The number of halogens is 3. The summed E-state index contributed by atoms with van der Waals surface area (Å²) < 4.78 is 28.8. The van der Waals surface area contributed by atoms with Crippen LogP contribution in [0.5, 0.6) is 5.75 Å². The van der Waals surface area contributed by atoms with Crippen molar-refractivity contribution in [1.29, 1.82) is 0 Å². The van der Waals surface area contributed by atoms with Gasteiger partial charge in [-0.1, -0.05) is 36.4 Å². The lowest BCUT2D eigenvalue weighted by Crippen LogP contribution is -2.39. The highest BCUT2D eigenvalue weighted by Gasteiger charge is 2.10. The molecule has 0 amide bonds. The third kappa shape index (κ3) is 8.58. The van der Waals surface area contributed by atoms with Crippen molar-refractivity contribution in [3.63, 3.8) is 0 Å². The van der Waals surface area contributed by atoms with Gasteiger partial charge in [0.1, 0.15) is 5.75 Å². The van der Waals surface area contributed by atoms with Crippen molar-refractivity contribution < 1.29 is 18.6 Å². The number of nitrogens with one attached hydrogen (secondary N) is 2. The van der Waals surface area contributed by atoms with E-state index in [1.807, 2.05) is 49.4 Å². The fourth-order valence-electron chi connectivity index (χ4n) is 3.06. The Bertz CT molecular complexity index is 1000. The zero-order valence-electron chi connectivity index (χ0n) is 18.1. The maximum Gasteiger partial charge on any atom is 0.387 e. The van der Waals surface area contributed by atoms with Crippen molar-refractivity contribution in [3.05, 3.63) is 84.1 Å². The van der Waals surface area contributed by atoms with E-state index >= 15 is 0 Å². The molecule has 0 radical (unpaired) electrons. The maximum atomic E-state index is 12.3. The van der Waals surface area contributed by atoms with Crippen LogP contribution in [0.1, 0.15) is 24.2 Å². The Hall–Kier alpha value is -2.79.